The molecule has 0 spiro atoms. The second-order valence-corrected chi connectivity index (χ2v) is 8.81. The van der Waals surface area contributed by atoms with E-state index in [0.717, 1.165) is 15.6 Å². The fourth-order valence-electron chi connectivity index (χ4n) is 2.91. The van der Waals surface area contributed by atoms with Crippen LogP contribution in [0.5, 0.6) is 5.75 Å². The molecule has 0 saturated heterocycles. The van der Waals surface area contributed by atoms with Crippen molar-refractivity contribution in [3.8, 4) is 5.75 Å². The molecule has 0 heterocycles. The van der Waals surface area contributed by atoms with E-state index in [-0.39, 0.29) is 24.5 Å². The van der Waals surface area contributed by atoms with Gasteiger partial charge in [-0.05, 0) is 84.3 Å². The molecule has 2 atom stereocenters. The van der Waals surface area contributed by atoms with Gasteiger partial charge >= 0.3 is 0 Å². The molecule has 0 bridgehead atoms. The highest BCUT2D eigenvalue weighted by Crippen LogP contribution is 2.17. The second-order valence-electron chi connectivity index (χ2n) is 7.13. The minimum atomic E-state index is -0.581. The third-order valence-electron chi connectivity index (χ3n) is 4.83. The second kappa shape index (κ2) is 12.2. The first-order chi connectivity index (χ1) is 14.3. The quantitative estimate of drug-likeness (QED) is 0.428. The van der Waals surface area contributed by atoms with Gasteiger partial charge in [0.25, 0.3) is 5.91 Å². The zero-order valence-electron chi connectivity index (χ0n) is 17.5. The molecule has 162 valence electrons. The van der Waals surface area contributed by atoms with Gasteiger partial charge in [-0.15, -0.1) is 0 Å². The zero-order valence-corrected chi connectivity index (χ0v) is 20.4. The van der Waals surface area contributed by atoms with Crippen molar-refractivity contribution in [2.24, 2.45) is 0 Å². The van der Waals surface area contributed by atoms with E-state index in [1.807, 2.05) is 57.2 Å². The SMILES string of the molecule is CCC(C)NC(=O)C(CC)N(Cc1ccc(Cl)cc1)C(=O)COc1ccc(I)cc1. The topological polar surface area (TPSA) is 58.6 Å². The Hall–Kier alpha value is -1.80. The molecule has 0 fully saturated rings. The molecule has 1 N–H and O–H groups in total. The average Bonchev–Trinajstić information content (AvgIpc) is 2.74. The molecular formula is C23H28ClIN2O3. The number of carbonyl (C=O) groups is 2. The molecule has 2 unspecified atom stereocenters. The molecule has 0 aromatic heterocycles. The summed E-state index contributed by atoms with van der Waals surface area (Å²) in [5, 5.41) is 3.62. The summed E-state index contributed by atoms with van der Waals surface area (Å²) in [7, 11) is 0. The van der Waals surface area contributed by atoms with E-state index in [2.05, 4.69) is 27.9 Å². The number of ether oxygens (including phenoxy) is 1. The van der Waals surface area contributed by atoms with Crippen LogP contribution >= 0.6 is 34.2 Å². The molecule has 0 saturated carbocycles. The smallest absolute Gasteiger partial charge is 0.261 e. The molecule has 2 rings (SSSR count). The summed E-state index contributed by atoms with van der Waals surface area (Å²) >= 11 is 8.20. The maximum absolute atomic E-state index is 13.1. The lowest BCUT2D eigenvalue weighted by Gasteiger charge is -2.31. The van der Waals surface area contributed by atoms with Gasteiger partial charge in [0.2, 0.25) is 5.91 Å². The Labute approximate surface area is 197 Å². The van der Waals surface area contributed by atoms with Crippen LogP contribution in [0.25, 0.3) is 0 Å². The van der Waals surface area contributed by atoms with E-state index in [4.69, 9.17) is 16.3 Å². The molecule has 2 amide bonds. The largest absolute Gasteiger partial charge is 0.484 e. The molecular weight excluding hydrogens is 515 g/mol. The summed E-state index contributed by atoms with van der Waals surface area (Å²) < 4.78 is 6.78. The molecule has 0 aliphatic carbocycles. The highest BCUT2D eigenvalue weighted by molar-refractivity contribution is 14.1. The zero-order chi connectivity index (χ0) is 22.1. The van der Waals surface area contributed by atoms with Crippen LogP contribution in [0, 0.1) is 3.57 Å². The van der Waals surface area contributed by atoms with Crippen molar-refractivity contribution in [1.29, 1.82) is 0 Å². The first-order valence-electron chi connectivity index (χ1n) is 10.1. The molecule has 30 heavy (non-hydrogen) atoms. The van der Waals surface area contributed by atoms with Crippen molar-refractivity contribution in [3.05, 3.63) is 62.7 Å². The normalized spacial score (nSPS) is 12.7. The van der Waals surface area contributed by atoms with Crippen LogP contribution in [0.15, 0.2) is 48.5 Å². The van der Waals surface area contributed by atoms with Gasteiger partial charge in [0, 0.05) is 21.2 Å². The fraction of sp³-hybridized carbons (Fsp3) is 0.391. The molecule has 0 aliphatic heterocycles. The van der Waals surface area contributed by atoms with Crippen molar-refractivity contribution in [2.75, 3.05) is 6.61 Å². The van der Waals surface area contributed by atoms with Crippen LogP contribution in [0.2, 0.25) is 5.02 Å². The number of hydrogen-bond donors (Lipinski definition) is 1. The number of rotatable bonds is 10. The van der Waals surface area contributed by atoms with Gasteiger partial charge in [-0.2, -0.15) is 0 Å². The maximum Gasteiger partial charge on any atom is 0.261 e. The standard InChI is InChI=1S/C23H28ClIN2O3/c1-4-16(3)26-23(29)21(5-2)27(14-17-6-8-18(24)9-7-17)22(28)15-30-20-12-10-19(25)11-13-20/h6-13,16,21H,4-5,14-15H2,1-3H3,(H,26,29). The lowest BCUT2D eigenvalue weighted by molar-refractivity contribution is -0.143. The van der Waals surface area contributed by atoms with Crippen molar-refractivity contribution >= 4 is 46.0 Å². The van der Waals surface area contributed by atoms with Crippen LogP contribution < -0.4 is 10.1 Å². The van der Waals surface area contributed by atoms with E-state index in [1.165, 1.54) is 0 Å². The lowest BCUT2D eigenvalue weighted by atomic mass is 10.1. The first-order valence-corrected chi connectivity index (χ1v) is 11.5. The van der Waals surface area contributed by atoms with Crippen LogP contribution in [-0.2, 0) is 16.1 Å². The number of hydrogen-bond acceptors (Lipinski definition) is 3. The minimum absolute atomic E-state index is 0.0436. The highest BCUT2D eigenvalue weighted by atomic mass is 127. The van der Waals surface area contributed by atoms with Gasteiger partial charge in [0.15, 0.2) is 6.61 Å². The molecule has 0 aliphatic rings. The summed E-state index contributed by atoms with van der Waals surface area (Å²) in [6, 6.07) is 14.2. The summed E-state index contributed by atoms with van der Waals surface area (Å²) in [6.45, 7) is 6.04. The Morgan fingerprint density at radius 1 is 1.07 bits per heavy atom. The van der Waals surface area contributed by atoms with E-state index in [9.17, 15) is 9.59 Å². The summed E-state index contributed by atoms with van der Waals surface area (Å²) in [6.07, 6.45) is 1.33. The molecule has 0 radical (unpaired) electrons. The predicted octanol–water partition coefficient (Wildman–Crippen LogP) is 5.05. The molecule has 7 heteroatoms. The van der Waals surface area contributed by atoms with E-state index in [1.54, 1.807) is 17.0 Å². The van der Waals surface area contributed by atoms with Gasteiger partial charge in [0.1, 0.15) is 11.8 Å². The predicted molar refractivity (Wildman–Crippen MR) is 129 cm³/mol. The summed E-state index contributed by atoms with van der Waals surface area (Å²) in [5.41, 5.74) is 0.900. The van der Waals surface area contributed by atoms with E-state index < -0.39 is 6.04 Å². The molecule has 2 aromatic rings. The van der Waals surface area contributed by atoms with Crippen LogP contribution in [0.4, 0.5) is 0 Å². The Kier molecular flexibility index (Phi) is 9.91. The number of carbonyl (C=O) groups excluding carboxylic acids is 2. The van der Waals surface area contributed by atoms with Gasteiger partial charge in [-0.25, -0.2) is 0 Å². The van der Waals surface area contributed by atoms with E-state index >= 15 is 0 Å². The number of benzene rings is 2. The Balaban J connectivity index is 2.19. The third kappa shape index (κ3) is 7.47. The fourth-order valence-corrected chi connectivity index (χ4v) is 3.39. The van der Waals surface area contributed by atoms with Crippen molar-refractivity contribution in [2.45, 2.75) is 52.2 Å². The van der Waals surface area contributed by atoms with Crippen LogP contribution in [0.3, 0.4) is 0 Å². The van der Waals surface area contributed by atoms with Crippen molar-refractivity contribution < 1.29 is 14.3 Å². The molecule has 5 nitrogen and oxygen atoms in total. The Morgan fingerprint density at radius 3 is 2.27 bits per heavy atom. The van der Waals surface area contributed by atoms with Crippen LogP contribution in [-0.4, -0.2) is 35.4 Å². The highest BCUT2D eigenvalue weighted by Gasteiger charge is 2.29. The Morgan fingerprint density at radius 2 is 1.70 bits per heavy atom. The van der Waals surface area contributed by atoms with Crippen molar-refractivity contribution in [3.63, 3.8) is 0 Å². The third-order valence-corrected chi connectivity index (χ3v) is 5.80. The number of amides is 2. The molecule has 2 aromatic carbocycles. The maximum atomic E-state index is 13.1. The number of nitrogens with one attached hydrogen (secondary N) is 1. The average molecular weight is 543 g/mol. The monoisotopic (exact) mass is 542 g/mol. The van der Waals surface area contributed by atoms with E-state index in [0.29, 0.717) is 23.7 Å². The van der Waals surface area contributed by atoms with Crippen molar-refractivity contribution in [1.82, 2.24) is 10.2 Å². The van der Waals surface area contributed by atoms with Gasteiger partial charge in [0.05, 0.1) is 0 Å². The number of nitrogens with zero attached hydrogens (tertiary/aromatic N) is 1. The van der Waals surface area contributed by atoms with Gasteiger partial charge < -0.3 is 15.0 Å². The lowest BCUT2D eigenvalue weighted by Crippen LogP contribution is -2.51. The summed E-state index contributed by atoms with van der Waals surface area (Å²) in [5.74, 6) is 0.227. The summed E-state index contributed by atoms with van der Waals surface area (Å²) in [4.78, 5) is 27.6. The van der Waals surface area contributed by atoms with Gasteiger partial charge in [-0.1, -0.05) is 37.6 Å². The first kappa shape index (κ1) is 24.5. The minimum Gasteiger partial charge on any atom is -0.484 e. The number of halogens is 2. The van der Waals surface area contributed by atoms with Gasteiger partial charge in [-0.3, -0.25) is 9.59 Å². The van der Waals surface area contributed by atoms with Crippen LogP contribution in [0.1, 0.15) is 39.2 Å². The Bertz CT molecular complexity index is 827.